The fourth-order valence-electron chi connectivity index (χ4n) is 2.54. The van der Waals surface area contributed by atoms with Gasteiger partial charge in [-0.15, -0.1) is 0 Å². The lowest BCUT2D eigenvalue weighted by Gasteiger charge is -2.22. The van der Waals surface area contributed by atoms with E-state index in [9.17, 15) is 14.4 Å². The number of benzene rings is 2. The molecular formula is C25H30ClN3O6. The van der Waals surface area contributed by atoms with Gasteiger partial charge < -0.3 is 14.2 Å². The molecule has 0 radical (unpaired) electrons. The number of aryl methyl sites for hydroxylation is 1. The number of aliphatic imine (C=N–C) groups is 1. The van der Waals surface area contributed by atoms with E-state index >= 15 is 0 Å². The molecule has 2 amide bonds. The first-order valence-electron chi connectivity index (χ1n) is 10.8. The number of nitrogens with zero attached hydrogens (tertiary/aromatic N) is 1. The van der Waals surface area contributed by atoms with Gasteiger partial charge in [0, 0.05) is 0 Å². The Hall–Kier alpha value is -3.59. The summed E-state index contributed by atoms with van der Waals surface area (Å²) in [7, 11) is 0. The van der Waals surface area contributed by atoms with E-state index in [1.54, 1.807) is 59.7 Å². The highest BCUT2D eigenvalue weighted by Gasteiger charge is 2.21. The number of esters is 1. The second kappa shape index (κ2) is 11.2. The minimum atomic E-state index is -0.817. The molecule has 0 fully saturated rings. The second-order valence-electron chi connectivity index (χ2n) is 9.58. The summed E-state index contributed by atoms with van der Waals surface area (Å²) in [6.45, 7) is 12.1. The summed E-state index contributed by atoms with van der Waals surface area (Å²) in [4.78, 5) is 41.1. The van der Waals surface area contributed by atoms with E-state index in [0.29, 0.717) is 10.7 Å². The topological polar surface area (TPSA) is 115 Å². The van der Waals surface area contributed by atoms with Gasteiger partial charge in [-0.1, -0.05) is 17.7 Å². The van der Waals surface area contributed by atoms with Gasteiger partial charge in [0.05, 0.1) is 16.3 Å². The van der Waals surface area contributed by atoms with Crippen LogP contribution in [-0.2, 0) is 9.47 Å². The molecule has 0 spiro atoms. The molecule has 0 bridgehead atoms. The number of halogens is 1. The molecular weight excluding hydrogens is 474 g/mol. The maximum atomic E-state index is 12.5. The van der Waals surface area contributed by atoms with E-state index < -0.39 is 29.4 Å². The summed E-state index contributed by atoms with van der Waals surface area (Å²) in [6.07, 6.45) is -1.63. The van der Waals surface area contributed by atoms with Crippen LogP contribution in [0.15, 0.2) is 47.5 Å². The number of hydrogen-bond acceptors (Lipinski definition) is 7. The van der Waals surface area contributed by atoms with E-state index in [1.165, 1.54) is 24.3 Å². The molecule has 0 unspecified atom stereocenters. The van der Waals surface area contributed by atoms with Crippen molar-refractivity contribution in [3.8, 4) is 5.75 Å². The van der Waals surface area contributed by atoms with Crippen molar-refractivity contribution in [2.75, 3.05) is 0 Å². The van der Waals surface area contributed by atoms with Crippen LogP contribution < -0.4 is 15.4 Å². The zero-order valence-electron chi connectivity index (χ0n) is 20.8. The minimum absolute atomic E-state index is 0.213. The van der Waals surface area contributed by atoms with Gasteiger partial charge in [-0.2, -0.15) is 0 Å². The van der Waals surface area contributed by atoms with Crippen molar-refractivity contribution < 1.29 is 28.6 Å². The molecule has 2 aromatic carbocycles. The summed E-state index contributed by atoms with van der Waals surface area (Å²) >= 11 is 6.12. The molecule has 0 aliphatic rings. The summed E-state index contributed by atoms with van der Waals surface area (Å²) in [5, 5.41) is 5.10. The van der Waals surface area contributed by atoms with E-state index in [1.807, 2.05) is 6.92 Å². The number of nitrogens with one attached hydrogen (secondary N) is 2. The number of guanidine groups is 1. The molecule has 0 heterocycles. The second-order valence-corrected chi connectivity index (χ2v) is 9.99. The van der Waals surface area contributed by atoms with Crippen molar-refractivity contribution in [3.63, 3.8) is 0 Å². The van der Waals surface area contributed by atoms with Crippen LogP contribution in [0.25, 0.3) is 0 Å². The number of amides is 2. The Bertz CT molecular complexity index is 1080. The van der Waals surface area contributed by atoms with Gasteiger partial charge >= 0.3 is 18.2 Å². The van der Waals surface area contributed by atoms with Crippen molar-refractivity contribution in [1.29, 1.82) is 0 Å². The summed E-state index contributed by atoms with van der Waals surface area (Å²) in [5.74, 6) is -0.574. The summed E-state index contributed by atoms with van der Waals surface area (Å²) < 4.78 is 15.8. The van der Waals surface area contributed by atoms with E-state index in [2.05, 4.69) is 15.6 Å². The molecule has 0 aliphatic heterocycles. The van der Waals surface area contributed by atoms with Gasteiger partial charge in [0.1, 0.15) is 17.0 Å². The molecule has 10 heteroatoms. The molecule has 0 saturated carbocycles. The molecule has 0 saturated heterocycles. The molecule has 0 atom stereocenters. The van der Waals surface area contributed by atoms with Gasteiger partial charge in [0.15, 0.2) is 0 Å². The quantitative estimate of drug-likeness (QED) is 0.233. The first-order valence-corrected chi connectivity index (χ1v) is 11.2. The van der Waals surface area contributed by atoms with Crippen LogP contribution in [0, 0.1) is 6.92 Å². The fraction of sp³-hybridized carbons (Fsp3) is 0.360. The first-order chi connectivity index (χ1) is 16.1. The smallest absolute Gasteiger partial charge is 0.414 e. The lowest BCUT2D eigenvalue weighted by Crippen LogP contribution is -2.47. The molecule has 9 nitrogen and oxygen atoms in total. The lowest BCUT2D eigenvalue weighted by atomic mass is 10.2. The van der Waals surface area contributed by atoms with Gasteiger partial charge in [0.25, 0.3) is 0 Å². The Morgan fingerprint density at radius 1 is 0.829 bits per heavy atom. The van der Waals surface area contributed by atoms with E-state index in [0.717, 1.165) is 5.56 Å². The van der Waals surface area contributed by atoms with Gasteiger partial charge in [-0.3, -0.25) is 10.6 Å². The Labute approximate surface area is 209 Å². The Kier molecular flexibility index (Phi) is 8.87. The van der Waals surface area contributed by atoms with Crippen LogP contribution in [0.2, 0.25) is 5.02 Å². The number of rotatable bonds is 3. The van der Waals surface area contributed by atoms with Crippen LogP contribution in [-0.4, -0.2) is 35.3 Å². The Morgan fingerprint density at radius 3 is 1.80 bits per heavy atom. The molecule has 188 valence electrons. The van der Waals surface area contributed by atoms with Crippen LogP contribution in [0.5, 0.6) is 5.75 Å². The number of carbonyl (C=O) groups is 3. The lowest BCUT2D eigenvalue weighted by molar-refractivity contribution is 0.0544. The van der Waals surface area contributed by atoms with Crippen LogP contribution in [0.4, 0.5) is 15.3 Å². The predicted molar refractivity (Wildman–Crippen MR) is 133 cm³/mol. The van der Waals surface area contributed by atoms with Crippen LogP contribution in [0.3, 0.4) is 0 Å². The van der Waals surface area contributed by atoms with Crippen molar-refractivity contribution in [2.45, 2.75) is 59.7 Å². The average Bonchev–Trinajstić information content (AvgIpc) is 2.67. The number of hydrogen-bond donors (Lipinski definition) is 2. The summed E-state index contributed by atoms with van der Waals surface area (Å²) in [6, 6.07) is 11.1. The largest absolute Gasteiger partial charge is 0.444 e. The third kappa shape index (κ3) is 10.1. The van der Waals surface area contributed by atoms with E-state index in [-0.39, 0.29) is 17.3 Å². The Morgan fingerprint density at radius 2 is 1.34 bits per heavy atom. The normalized spacial score (nSPS) is 11.2. The zero-order valence-corrected chi connectivity index (χ0v) is 21.6. The maximum absolute atomic E-state index is 12.5. The molecule has 0 aromatic heterocycles. The molecule has 0 aliphatic carbocycles. The first kappa shape index (κ1) is 27.7. The van der Waals surface area contributed by atoms with Crippen molar-refractivity contribution in [2.24, 2.45) is 4.99 Å². The van der Waals surface area contributed by atoms with Crippen LogP contribution in [0.1, 0.15) is 57.5 Å². The fourth-order valence-corrected chi connectivity index (χ4v) is 2.81. The molecule has 2 rings (SSSR count). The van der Waals surface area contributed by atoms with Gasteiger partial charge in [-0.05, 0) is 90.4 Å². The third-order valence-corrected chi connectivity index (χ3v) is 4.17. The zero-order chi connectivity index (χ0) is 26.4. The highest BCUT2D eigenvalue weighted by atomic mass is 35.5. The van der Waals surface area contributed by atoms with Crippen molar-refractivity contribution >= 4 is 41.4 Å². The number of carbonyl (C=O) groups excluding carboxylic acids is 3. The van der Waals surface area contributed by atoms with Crippen molar-refractivity contribution in [3.05, 3.63) is 58.6 Å². The van der Waals surface area contributed by atoms with Gasteiger partial charge in [-0.25, -0.2) is 19.4 Å². The summed E-state index contributed by atoms with van der Waals surface area (Å²) in [5.41, 5.74) is -0.000359. The highest BCUT2D eigenvalue weighted by Crippen LogP contribution is 2.26. The van der Waals surface area contributed by atoms with Crippen molar-refractivity contribution in [1.82, 2.24) is 10.6 Å². The van der Waals surface area contributed by atoms with E-state index in [4.69, 9.17) is 25.8 Å². The minimum Gasteiger partial charge on any atom is -0.444 e. The molecule has 2 N–H and O–H groups in total. The number of alkyl carbamates (subject to hydrolysis) is 2. The Balaban J connectivity index is 2.20. The van der Waals surface area contributed by atoms with Gasteiger partial charge in [0.2, 0.25) is 5.96 Å². The van der Waals surface area contributed by atoms with Crippen LogP contribution >= 0.6 is 11.6 Å². The maximum Gasteiger partial charge on any atom is 0.414 e. The standard InChI is InChI=1S/C25H30ClN3O6/c1-15-8-13-19(18(26)14-15)33-20(30)16-9-11-17(12-10-16)27-21(28-22(31)34-24(2,3)4)29-23(32)35-25(5,6)7/h8-14H,1-7H3,(H2,27,28,29,31,32). The monoisotopic (exact) mass is 503 g/mol. The molecule has 2 aromatic rings. The average molecular weight is 504 g/mol. The molecule has 35 heavy (non-hydrogen) atoms. The SMILES string of the molecule is Cc1ccc(OC(=O)c2ccc(N=C(NC(=O)OC(C)(C)C)NC(=O)OC(C)(C)C)cc2)c(Cl)c1. The third-order valence-electron chi connectivity index (χ3n) is 3.87. The highest BCUT2D eigenvalue weighted by molar-refractivity contribution is 6.32. The number of ether oxygens (including phenoxy) is 3. The predicted octanol–water partition coefficient (Wildman–Crippen LogP) is 5.90.